The topological polar surface area (TPSA) is 12.0 Å². The van der Waals surface area contributed by atoms with E-state index in [1.54, 1.807) is 6.92 Å². The first kappa shape index (κ1) is 13.5. The zero-order chi connectivity index (χ0) is 13.5. The van der Waals surface area contributed by atoms with Gasteiger partial charge in [-0.25, -0.2) is 8.78 Å². The minimum Gasteiger partial charge on any atom is -0.314 e. The van der Waals surface area contributed by atoms with Gasteiger partial charge in [-0.2, -0.15) is 0 Å². The maximum absolute atomic E-state index is 14.0. The predicted octanol–water partition coefficient (Wildman–Crippen LogP) is 3.55. The van der Waals surface area contributed by atoms with Gasteiger partial charge in [0.25, 0.3) is 0 Å². The third kappa shape index (κ3) is 2.41. The van der Waals surface area contributed by atoms with Gasteiger partial charge in [-0.05, 0) is 54.5 Å². The molecular weight excluding hydrogens is 232 g/mol. The Hall–Kier alpha value is -0.960. The summed E-state index contributed by atoms with van der Waals surface area (Å²) >= 11 is 0. The summed E-state index contributed by atoms with van der Waals surface area (Å²) in [4.78, 5) is 0. The highest BCUT2D eigenvalue weighted by molar-refractivity contribution is 5.36. The highest BCUT2D eigenvalue weighted by Crippen LogP contribution is 2.54. The van der Waals surface area contributed by atoms with Gasteiger partial charge in [-0.3, -0.25) is 0 Å². The quantitative estimate of drug-likeness (QED) is 0.865. The fourth-order valence-corrected chi connectivity index (χ4v) is 2.54. The van der Waals surface area contributed by atoms with Crippen molar-refractivity contribution in [2.45, 2.75) is 45.6 Å². The molecule has 1 nitrogen and oxygen atoms in total. The minimum atomic E-state index is -0.310. The van der Waals surface area contributed by atoms with Gasteiger partial charge in [0, 0.05) is 6.04 Å². The molecular formula is C15H21F2N. The number of benzene rings is 1. The lowest BCUT2D eigenvalue weighted by molar-refractivity contribution is 0.507. The maximum Gasteiger partial charge on any atom is 0.127 e. The Balaban J connectivity index is 2.16. The molecule has 0 saturated heterocycles. The van der Waals surface area contributed by atoms with Crippen LogP contribution in [-0.2, 0) is 5.41 Å². The summed E-state index contributed by atoms with van der Waals surface area (Å²) in [6.45, 7) is 8.66. The van der Waals surface area contributed by atoms with Crippen LogP contribution in [0.2, 0.25) is 0 Å². The molecule has 18 heavy (non-hydrogen) atoms. The van der Waals surface area contributed by atoms with E-state index in [4.69, 9.17) is 0 Å². The molecule has 0 amide bonds. The summed E-state index contributed by atoms with van der Waals surface area (Å²) in [7, 11) is 0. The average Bonchev–Trinajstić information content (AvgIpc) is 2.93. The monoisotopic (exact) mass is 253 g/mol. The van der Waals surface area contributed by atoms with Crippen LogP contribution in [0.15, 0.2) is 12.1 Å². The normalized spacial score (nSPS) is 26.7. The number of nitrogens with one attached hydrogen (secondary N) is 1. The van der Waals surface area contributed by atoms with E-state index in [0.717, 1.165) is 13.0 Å². The smallest absolute Gasteiger partial charge is 0.127 e. The highest BCUT2D eigenvalue weighted by Gasteiger charge is 2.52. The molecule has 1 N–H and O–H groups in total. The third-order valence-electron chi connectivity index (χ3n) is 4.05. The maximum atomic E-state index is 14.0. The molecule has 1 aromatic rings. The van der Waals surface area contributed by atoms with Crippen molar-refractivity contribution in [3.8, 4) is 0 Å². The molecule has 2 rings (SSSR count). The van der Waals surface area contributed by atoms with Crippen molar-refractivity contribution in [3.63, 3.8) is 0 Å². The van der Waals surface area contributed by atoms with E-state index in [2.05, 4.69) is 19.2 Å². The van der Waals surface area contributed by atoms with Crippen LogP contribution >= 0.6 is 0 Å². The Labute approximate surface area is 108 Å². The van der Waals surface area contributed by atoms with E-state index in [0.29, 0.717) is 23.1 Å². The minimum absolute atomic E-state index is 0.208. The van der Waals surface area contributed by atoms with Gasteiger partial charge < -0.3 is 5.32 Å². The fourth-order valence-electron chi connectivity index (χ4n) is 2.54. The molecule has 1 aliphatic rings. The van der Waals surface area contributed by atoms with Gasteiger partial charge in [0.2, 0.25) is 0 Å². The molecule has 0 bridgehead atoms. The number of halogens is 2. The van der Waals surface area contributed by atoms with Gasteiger partial charge in [0.05, 0.1) is 0 Å². The van der Waals surface area contributed by atoms with Crippen molar-refractivity contribution in [2.24, 2.45) is 5.92 Å². The number of rotatable bonds is 4. The lowest BCUT2D eigenvalue weighted by Crippen LogP contribution is -2.27. The highest BCUT2D eigenvalue weighted by atomic mass is 19.1. The molecule has 0 aliphatic heterocycles. The molecule has 0 radical (unpaired) electrons. The number of hydrogen-bond acceptors (Lipinski definition) is 1. The molecule has 3 heteroatoms. The molecule has 0 heterocycles. The Kier molecular flexibility index (Phi) is 3.45. The average molecular weight is 253 g/mol. The van der Waals surface area contributed by atoms with Crippen molar-refractivity contribution in [2.75, 3.05) is 6.54 Å². The Morgan fingerprint density at radius 2 is 2.00 bits per heavy atom. The summed E-state index contributed by atoms with van der Waals surface area (Å²) in [6.07, 6.45) is 0.923. The van der Waals surface area contributed by atoms with Crippen molar-refractivity contribution >= 4 is 0 Å². The largest absolute Gasteiger partial charge is 0.314 e. The zero-order valence-electron chi connectivity index (χ0n) is 11.5. The van der Waals surface area contributed by atoms with E-state index in [-0.39, 0.29) is 17.0 Å². The van der Waals surface area contributed by atoms with Crippen molar-refractivity contribution in [3.05, 3.63) is 34.9 Å². The van der Waals surface area contributed by atoms with Crippen LogP contribution in [0.25, 0.3) is 0 Å². The first-order valence-corrected chi connectivity index (χ1v) is 6.54. The molecule has 0 spiro atoms. The van der Waals surface area contributed by atoms with Crippen LogP contribution in [0, 0.1) is 24.5 Å². The van der Waals surface area contributed by atoms with E-state index >= 15 is 0 Å². The fraction of sp³-hybridized carbons (Fsp3) is 0.600. The standard InChI is InChI=1S/C15H21F2N/c1-9(2)18-8-11-7-15(11,4)12-6-13(16)10(3)5-14(12)17/h5-6,9,11,18H,7-8H2,1-4H3. The second-order valence-corrected chi connectivity index (χ2v) is 5.96. The summed E-state index contributed by atoms with van der Waals surface area (Å²) in [5, 5.41) is 3.36. The van der Waals surface area contributed by atoms with Crippen LogP contribution in [0.4, 0.5) is 8.78 Å². The van der Waals surface area contributed by atoms with E-state index in [1.165, 1.54) is 12.1 Å². The van der Waals surface area contributed by atoms with Gasteiger partial charge in [0.1, 0.15) is 11.6 Å². The molecule has 1 fully saturated rings. The van der Waals surface area contributed by atoms with Gasteiger partial charge in [-0.15, -0.1) is 0 Å². The summed E-state index contributed by atoms with van der Waals surface area (Å²) in [5.41, 5.74) is 0.694. The number of hydrogen-bond donors (Lipinski definition) is 1. The lowest BCUT2D eigenvalue weighted by Gasteiger charge is -2.15. The van der Waals surface area contributed by atoms with Crippen LogP contribution in [-0.4, -0.2) is 12.6 Å². The molecule has 100 valence electrons. The first-order valence-electron chi connectivity index (χ1n) is 6.54. The molecule has 1 saturated carbocycles. The summed E-state index contributed by atoms with van der Waals surface area (Å²) in [6, 6.07) is 3.11. The van der Waals surface area contributed by atoms with Crippen molar-refractivity contribution in [1.29, 1.82) is 0 Å². The predicted molar refractivity (Wildman–Crippen MR) is 69.7 cm³/mol. The molecule has 2 unspecified atom stereocenters. The second kappa shape index (κ2) is 4.61. The van der Waals surface area contributed by atoms with Crippen molar-refractivity contribution in [1.82, 2.24) is 5.32 Å². The van der Waals surface area contributed by atoms with E-state index in [9.17, 15) is 8.78 Å². The zero-order valence-corrected chi connectivity index (χ0v) is 11.5. The van der Waals surface area contributed by atoms with Gasteiger partial charge >= 0.3 is 0 Å². The van der Waals surface area contributed by atoms with Crippen LogP contribution < -0.4 is 5.32 Å². The Morgan fingerprint density at radius 3 is 2.61 bits per heavy atom. The lowest BCUT2D eigenvalue weighted by atomic mass is 9.93. The Bertz CT molecular complexity index is 456. The first-order chi connectivity index (χ1) is 8.34. The SMILES string of the molecule is Cc1cc(F)c(C2(C)CC2CNC(C)C)cc1F. The van der Waals surface area contributed by atoms with E-state index < -0.39 is 0 Å². The van der Waals surface area contributed by atoms with Gasteiger partial charge in [-0.1, -0.05) is 20.8 Å². The van der Waals surface area contributed by atoms with Crippen LogP contribution in [0.3, 0.4) is 0 Å². The molecule has 0 aromatic heterocycles. The Morgan fingerprint density at radius 1 is 1.33 bits per heavy atom. The van der Waals surface area contributed by atoms with Crippen LogP contribution in [0.5, 0.6) is 0 Å². The second-order valence-electron chi connectivity index (χ2n) is 5.96. The number of aryl methyl sites for hydroxylation is 1. The molecule has 2 atom stereocenters. The van der Waals surface area contributed by atoms with Crippen LogP contribution in [0.1, 0.15) is 38.3 Å². The van der Waals surface area contributed by atoms with Gasteiger partial charge in [0.15, 0.2) is 0 Å². The summed E-state index contributed by atoms with van der Waals surface area (Å²) in [5.74, 6) is -0.185. The molecule has 1 aliphatic carbocycles. The van der Waals surface area contributed by atoms with Crippen molar-refractivity contribution < 1.29 is 8.78 Å². The van der Waals surface area contributed by atoms with E-state index in [1.807, 2.05) is 6.92 Å². The third-order valence-corrected chi connectivity index (χ3v) is 4.05. The summed E-state index contributed by atoms with van der Waals surface area (Å²) < 4.78 is 27.5. The molecule has 1 aromatic carbocycles.